The molecular weight excluding hydrogens is 286 g/mol. The first-order valence-electron chi connectivity index (χ1n) is 7.51. The lowest BCUT2D eigenvalue weighted by Crippen LogP contribution is -2.44. The number of carbonyl (C=O) groups excluding carboxylic acids is 2. The van der Waals surface area contributed by atoms with Crippen molar-refractivity contribution in [3.05, 3.63) is 23.8 Å². The summed E-state index contributed by atoms with van der Waals surface area (Å²) in [5.74, 6) is 0.456. The molecule has 1 fully saturated rings. The molecule has 3 rings (SSSR count). The van der Waals surface area contributed by atoms with E-state index in [1.807, 2.05) is 6.92 Å². The van der Waals surface area contributed by atoms with E-state index in [0.717, 1.165) is 25.8 Å². The van der Waals surface area contributed by atoms with Crippen LogP contribution in [0, 0.1) is 0 Å². The van der Waals surface area contributed by atoms with Gasteiger partial charge in [-0.3, -0.25) is 4.79 Å². The van der Waals surface area contributed by atoms with Crippen molar-refractivity contribution in [2.24, 2.45) is 0 Å². The zero-order valence-electron chi connectivity index (χ0n) is 12.5. The topological polar surface area (TPSA) is 65.1 Å². The van der Waals surface area contributed by atoms with Gasteiger partial charge in [-0.1, -0.05) is 0 Å². The minimum Gasteiger partial charge on any atom is -0.454 e. The number of benzene rings is 1. The average Bonchev–Trinajstić information content (AvgIpc) is 3.00. The average molecular weight is 305 g/mol. The van der Waals surface area contributed by atoms with Crippen LogP contribution in [0.3, 0.4) is 0 Å². The fourth-order valence-electron chi connectivity index (χ4n) is 2.79. The van der Waals surface area contributed by atoms with Crippen LogP contribution in [0.2, 0.25) is 0 Å². The van der Waals surface area contributed by atoms with Crippen LogP contribution in [0.1, 0.15) is 36.5 Å². The van der Waals surface area contributed by atoms with Crippen molar-refractivity contribution in [2.75, 3.05) is 19.9 Å². The largest absolute Gasteiger partial charge is 0.454 e. The lowest BCUT2D eigenvalue weighted by Gasteiger charge is -2.33. The second kappa shape index (κ2) is 6.25. The fraction of sp³-hybridized carbons (Fsp3) is 0.500. The Hall–Kier alpha value is -2.24. The Bertz CT molecular complexity index is 586. The molecule has 1 aromatic rings. The fourth-order valence-corrected chi connectivity index (χ4v) is 2.79. The molecule has 6 heteroatoms. The monoisotopic (exact) mass is 305 g/mol. The highest BCUT2D eigenvalue weighted by atomic mass is 16.7. The van der Waals surface area contributed by atoms with E-state index in [0.29, 0.717) is 17.1 Å². The maximum Gasteiger partial charge on any atom is 0.338 e. The van der Waals surface area contributed by atoms with Gasteiger partial charge in [0.2, 0.25) is 6.79 Å². The van der Waals surface area contributed by atoms with Gasteiger partial charge in [0.1, 0.15) is 0 Å². The Kier molecular flexibility index (Phi) is 4.18. The second-order valence-corrected chi connectivity index (χ2v) is 5.58. The number of hydrogen-bond donors (Lipinski definition) is 0. The normalized spacial score (nSPS) is 19.9. The number of amides is 1. The van der Waals surface area contributed by atoms with E-state index >= 15 is 0 Å². The molecule has 0 aliphatic carbocycles. The molecule has 0 spiro atoms. The lowest BCUT2D eigenvalue weighted by atomic mass is 10.0. The van der Waals surface area contributed by atoms with Gasteiger partial charge in [-0.05, 0) is 44.4 Å². The van der Waals surface area contributed by atoms with Crippen LogP contribution >= 0.6 is 0 Å². The van der Waals surface area contributed by atoms with Crippen LogP contribution in [0.15, 0.2) is 18.2 Å². The van der Waals surface area contributed by atoms with E-state index in [-0.39, 0.29) is 25.3 Å². The summed E-state index contributed by atoms with van der Waals surface area (Å²) in [5, 5.41) is 0. The molecule has 1 saturated heterocycles. The summed E-state index contributed by atoms with van der Waals surface area (Å²) in [6.45, 7) is 2.69. The Morgan fingerprint density at radius 1 is 1.27 bits per heavy atom. The summed E-state index contributed by atoms with van der Waals surface area (Å²) in [5.41, 5.74) is 0.351. The summed E-state index contributed by atoms with van der Waals surface area (Å²) >= 11 is 0. The van der Waals surface area contributed by atoms with E-state index < -0.39 is 5.97 Å². The van der Waals surface area contributed by atoms with Crippen molar-refractivity contribution in [3.63, 3.8) is 0 Å². The molecule has 1 atom stereocenters. The molecule has 0 aromatic heterocycles. The van der Waals surface area contributed by atoms with Gasteiger partial charge in [-0.2, -0.15) is 0 Å². The summed E-state index contributed by atoms with van der Waals surface area (Å²) in [6.07, 6.45) is 3.15. The van der Waals surface area contributed by atoms with Crippen LogP contribution in [0.5, 0.6) is 11.5 Å². The molecule has 6 nitrogen and oxygen atoms in total. The number of hydrogen-bond acceptors (Lipinski definition) is 5. The molecule has 2 aliphatic rings. The van der Waals surface area contributed by atoms with Crippen molar-refractivity contribution in [1.29, 1.82) is 0 Å². The second-order valence-electron chi connectivity index (χ2n) is 5.58. The van der Waals surface area contributed by atoms with E-state index in [1.54, 1.807) is 23.1 Å². The molecule has 22 heavy (non-hydrogen) atoms. The quantitative estimate of drug-likeness (QED) is 0.799. The lowest BCUT2D eigenvalue weighted by molar-refractivity contribution is -0.137. The zero-order chi connectivity index (χ0) is 15.5. The Morgan fingerprint density at radius 2 is 2.09 bits per heavy atom. The minimum atomic E-state index is -0.531. The Labute approximate surface area is 128 Å². The summed E-state index contributed by atoms with van der Waals surface area (Å²) in [4.78, 5) is 25.9. The highest BCUT2D eigenvalue weighted by Crippen LogP contribution is 2.32. The predicted molar refractivity (Wildman–Crippen MR) is 77.9 cm³/mol. The number of esters is 1. The summed E-state index contributed by atoms with van der Waals surface area (Å²) in [6, 6.07) is 5.04. The molecule has 2 heterocycles. The molecule has 0 N–H and O–H groups in total. The molecule has 118 valence electrons. The third-order valence-corrected chi connectivity index (χ3v) is 4.06. The number of rotatable bonds is 3. The summed E-state index contributed by atoms with van der Waals surface area (Å²) < 4.78 is 15.5. The molecular formula is C16H19NO5. The maximum atomic E-state index is 12.1. The molecule has 0 radical (unpaired) electrons. The van der Waals surface area contributed by atoms with Crippen molar-refractivity contribution >= 4 is 11.9 Å². The standard InChI is InChI=1S/C16H19NO5/c1-11-4-2-3-7-17(11)15(18)9-20-16(19)12-5-6-13-14(8-12)22-10-21-13/h5-6,8,11H,2-4,7,9-10H2,1H3. The van der Waals surface area contributed by atoms with Gasteiger partial charge in [-0.15, -0.1) is 0 Å². The van der Waals surface area contributed by atoms with Gasteiger partial charge < -0.3 is 19.1 Å². The van der Waals surface area contributed by atoms with Gasteiger partial charge in [0.15, 0.2) is 18.1 Å². The molecule has 1 amide bonds. The highest BCUT2D eigenvalue weighted by molar-refractivity contribution is 5.92. The van der Waals surface area contributed by atoms with Crippen LogP contribution in [-0.4, -0.2) is 42.8 Å². The van der Waals surface area contributed by atoms with Gasteiger partial charge in [0.05, 0.1) is 5.56 Å². The number of ether oxygens (including phenoxy) is 3. The Balaban J connectivity index is 1.57. The molecule has 0 bridgehead atoms. The van der Waals surface area contributed by atoms with Crippen molar-refractivity contribution in [2.45, 2.75) is 32.2 Å². The van der Waals surface area contributed by atoms with E-state index in [4.69, 9.17) is 14.2 Å². The maximum absolute atomic E-state index is 12.1. The smallest absolute Gasteiger partial charge is 0.338 e. The van der Waals surface area contributed by atoms with Gasteiger partial charge in [0.25, 0.3) is 5.91 Å². The number of fused-ring (bicyclic) bond motifs is 1. The van der Waals surface area contributed by atoms with E-state index in [1.165, 1.54) is 0 Å². The highest BCUT2D eigenvalue weighted by Gasteiger charge is 2.24. The first-order valence-corrected chi connectivity index (χ1v) is 7.51. The molecule has 2 aliphatic heterocycles. The summed E-state index contributed by atoms with van der Waals surface area (Å²) in [7, 11) is 0. The molecule has 1 aromatic carbocycles. The SMILES string of the molecule is CC1CCCCN1C(=O)COC(=O)c1ccc2c(c1)OCO2. The Morgan fingerprint density at radius 3 is 2.91 bits per heavy atom. The van der Waals surface area contributed by atoms with Crippen LogP contribution in [-0.2, 0) is 9.53 Å². The van der Waals surface area contributed by atoms with Crippen molar-refractivity contribution in [3.8, 4) is 11.5 Å². The van der Waals surface area contributed by atoms with Crippen LogP contribution < -0.4 is 9.47 Å². The van der Waals surface area contributed by atoms with Gasteiger partial charge in [-0.25, -0.2) is 4.79 Å². The first-order chi connectivity index (χ1) is 10.6. The molecule has 0 saturated carbocycles. The number of likely N-dealkylation sites (tertiary alicyclic amines) is 1. The van der Waals surface area contributed by atoms with E-state index in [9.17, 15) is 9.59 Å². The predicted octanol–water partition coefficient (Wildman–Crippen LogP) is 1.97. The number of piperidine rings is 1. The number of nitrogens with zero attached hydrogens (tertiary/aromatic N) is 1. The zero-order valence-corrected chi connectivity index (χ0v) is 12.5. The first kappa shape index (κ1) is 14.7. The van der Waals surface area contributed by atoms with Gasteiger partial charge >= 0.3 is 5.97 Å². The number of carbonyl (C=O) groups is 2. The molecule has 1 unspecified atom stereocenters. The van der Waals surface area contributed by atoms with Crippen molar-refractivity contribution < 1.29 is 23.8 Å². The third-order valence-electron chi connectivity index (χ3n) is 4.06. The third kappa shape index (κ3) is 3.00. The van der Waals surface area contributed by atoms with Crippen LogP contribution in [0.4, 0.5) is 0 Å². The van der Waals surface area contributed by atoms with E-state index in [2.05, 4.69) is 0 Å². The minimum absolute atomic E-state index is 0.138. The van der Waals surface area contributed by atoms with Gasteiger partial charge in [0, 0.05) is 12.6 Å². The van der Waals surface area contributed by atoms with Crippen molar-refractivity contribution in [1.82, 2.24) is 4.90 Å². The van der Waals surface area contributed by atoms with Crippen LogP contribution in [0.25, 0.3) is 0 Å².